The van der Waals surface area contributed by atoms with Crippen molar-refractivity contribution in [3.05, 3.63) is 173 Å². The molecule has 4 atom stereocenters. The van der Waals surface area contributed by atoms with Crippen molar-refractivity contribution in [2.24, 2.45) is 0 Å². The molecule has 5 aromatic rings. The minimum absolute atomic E-state index is 0.0623. The predicted octanol–water partition coefficient (Wildman–Crippen LogP) is 7.79. The highest BCUT2D eigenvalue weighted by atomic mass is 16.6. The summed E-state index contributed by atoms with van der Waals surface area (Å²) in [6.07, 6.45) is -0.442. The number of piperazine rings is 2. The van der Waals surface area contributed by atoms with E-state index in [4.69, 9.17) is 9.72 Å². The summed E-state index contributed by atoms with van der Waals surface area (Å²) >= 11 is 0. The zero-order valence-electron chi connectivity index (χ0n) is 30.3. The lowest BCUT2D eigenvalue weighted by Crippen LogP contribution is -2.54. The van der Waals surface area contributed by atoms with E-state index >= 15 is 0 Å². The molecule has 3 amide bonds. The van der Waals surface area contributed by atoms with Crippen LogP contribution in [0.5, 0.6) is 0 Å². The van der Waals surface area contributed by atoms with Gasteiger partial charge in [0.15, 0.2) is 0 Å². The third-order valence-electron chi connectivity index (χ3n) is 9.90. The van der Waals surface area contributed by atoms with Crippen LogP contribution >= 0.6 is 0 Å². The molecule has 2 aliphatic rings. The molecule has 1 aromatic heterocycles. The van der Waals surface area contributed by atoms with Gasteiger partial charge in [-0.2, -0.15) is 0 Å². The van der Waals surface area contributed by atoms with Gasteiger partial charge in [-0.1, -0.05) is 127 Å². The quantitative estimate of drug-likeness (QED) is 0.194. The van der Waals surface area contributed by atoms with Gasteiger partial charge in [-0.3, -0.25) is 14.5 Å². The van der Waals surface area contributed by atoms with Crippen molar-refractivity contribution < 1.29 is 19.1 Å². The second-order valence-corrected chi connectivity index (χ2v) is 14.6. The average molecular weight is 708 g/mol. The molecule has 0 aliphatic carbocycles. The molecular weight excluding hydrogens is 663 g/mol. The molecule has 2 fully saturated rings. The molecule has 9 nitrogen and oxygen atoms in total. The van der Waals surface area contributed by atoms with Gasteiger partial charge in [0.05, 0.1) is 18.1 Å². The smallest absolute Gasteiger partial charge is 0.410 e. The summed E-state index contributed by atoms with van der Waals surface area (Å²) in [6.45, 7) is 6.96. The van der Waals surface area contributed by atoms with Gasteiger partial charge in [0, 0.05) is 32.2 Å². The lowest BCUT2D eigenvalue weighted by atomic mass is 9.95. The van der Waals surface area contributed by atoms with Gasteiger partial charge in [0.2, 0.25) is 0 Å². The van der Waals surface area contributed by atoms with Crippen LogP contribution in [0.15, 0.2) is 140 Å². The Bertz CT molecular complexity index is 2020. The number of hydrogen-bond acceptors (Lipinski definition) is 6. The van der Waals surface area contributed by atoms with Crippen LogP contribution in [0.25, 0.3) is 0 Å². The lowest BCUT2D eigenvalue weighted by Gasteiger charge is -2.46. The number of aromatic nitrogens is 1. The molecule has 3 heterocycles. The summed E-state index contributed by atoms with van der Waals surface area (Å²) in [7, 11) is 0. The summed E-state index contributed by atoms with van der Waals surface area (Å²) < 4.78 is 5.89. The van der Waals surface area contributed by atoms with Crippen LogP contribution < -0.4 is 5.32 Å². The SMILES string of the molecule is CC(C)(C)OC(=O)N1CC(c2ccccc2)N(C(=O)c2cccc(C(=O)N3CC(c4ccccc4)NCC3c3ccccc3)n2)CC1c1ccccc1. The number of amides is 3. The molecule has 53 heavy (non-hydrogen) atoms. The second kappa shape index (κ2) is 15.4. The fourth-order valence-electron chi connectivity index (χ4n) is 7.32. The third kappa shape index (κ3) is 8.00. The van der Waals surface area contributed by atoms with E-state index in [2.05, 4.69) is 17.4 Å². The van der Waals surface area contributed by atoms with Crippen LogP contribution in [0.3, 0.4) is 0 Å². The van der Waals surface area contributed by atoms with Crippen LogP contribution in [0.1, 0.15) is 88.2 Å². The Kier molecular flexibility index (Phi) is 10.4. The second-order valence-electron chi connectivity index (χ2n) is 14.6. The molecule has 1 N–H and O–H groups in total. The topological polar surface area (TPSA) is 95.1 Å². The largest absolute Gasteiger partial charge is 0.444 e. The van der Waals surface area contributed by atoms with Gasteiger partial charge < -0.3 is 19.9 Å². The Balaban J connectivity index is 1.22. The molecule has 0 saturated carbocycles. The molecule has 0 spiro atoms. The van der Waals surface area contributed by atoms with Crippen molar-refractivity contribution in [2.45, 2.75) is 50.5 Å². The summed E-state index contributed by atoms with van der Waals surface area (Å²) in [4.78, 5) is 53.2. The first-order chi connectivity index (χ1) is 25.7. The highest BCUT2D eigenvalue weighted by Crippen LogP contribution is 2.37. The Morgan fingerprint density at radius 1 is 0.547 bits per heavy atom. The van der Waals surface area contributed by atoms with Crippen molar-refractivity contribution in [1.82, 2.24) is 25.0 Å². The molecular formula is C44H45N5O4. The maximum Gasteiger partial charge on any atom is 0.410 e. The molecule has 4 aromatic carbocycles. The van der Waals surface area contributed by atoms with Gasteiger partial charge in [-0.25, -0.2) is 9.78 Å². The fraction of sp³-hybridized carbons (Fsp3) is 0.273. The maximum absolute atomic E-state index is 14.7. The van der Waals surface area contributed by atoms with E-state index in [1.54, 1.807) is 28.0 Å². The maximum atomic E-state index is 14.7. The molecule has 270 valence electrons. The number of rotatable bonds is 6. The summed E-state index contributed by atoms with van der Waals surface area (Å²) in [5.74, 6) is -0.562. The zero-order valence-corrected chi connectivity index (χ0v) is 30.3. The van der Waals surface area contributed by atoms with Crippen LogP contribution in [0, 0.1) is 0 Å². The Morgan fingerprint density at radius 3 is 1.45 bits per heavy atom. The fourth-order valence-corrected chi connectivity index (χ4v) is 7.32. The van der Waals surface area contributed by atoms with E-state index in [1.807, 2.05) is 135 Å². The van der Waals surface area contributed by atoms with E-state index < -0.39 is 23.8 Å². The average Bonchev–Trinajstić information content (AvgIpc) is 3.20. The van der Waals surface area contributed by atoms with Crippen molar-refractivity contribution in [2.75, 3.05) is 26.2 Å². The molecule has 0 bridgehead atoms. The van der Waals surface area contributed by atoms with Gasteiger partial charge in [0.1, 0.15) is 17.0 Å². The minimum Gasteiger partial charge on any atom is -0.444 e. The highest BCUT2D eigenvalue weighted by molar-refractivity contribution is 5.97. The first kappa shape index (κ1) is 35.6. The molecule has 9 heteroatoms. The summed E-state index contributed by atoms with van der Waals surface area (Å²) in [5, 5.41) is 3.64. The monoisotopic (exact) mass is 707 g/mol. The summed E-state index contributed by atoms with van der Waals surface area (Å²) in [5.41, 5.74) is 3.56. The highest BCUT2D eigenvalue weighted by Gasteiger charge is 2.42. The van der Waals surface area contributed by atoms with Crippen LogP contribution in [0.4, 0.5) is 4.79 Å². The van der Waals surface area contributed by atoms with Gasteiger partial charge in [0.25, 0.3) is 11.8 Å². The minimum atomic E-state index is -0.699. The van der Waals surface area contributed by atoms with E-state index in [0.717, 1.165) is 22.3 Å². The standard InChI is InChI=1S/C44H45N5O4/c1-44(2,3)53-43(52)49-30-39(33-21-12-6-13-22-33)48(29-40(49)34-23-14-7-15-24-34)42(51)36-26-16-25-35(46-36)41(50)47-28-37(31-17-8-4-9-18-31)45-27-38(47)32-19-10-5-11-20-32/h4-26,37-40,45H,27-30H2,1-3H3. The molecule has 7 rings (SSSR count). The number of hydrogen-bond donors (Lipinski definition) is 1. The predicted molar refractivity (Wildman–Crippen MR) is 204 cm³/mol. The van der Waals surface area contributed by atoms with Crippen molar-refractivity contribution in [1.29, 1.82) is 0 Å². The normalized spacial score (nSPS) is 20.5. The van der Waals surface area contributed by atoms with Gasteiger partial charge >= 0.3 is 6.09 Å². The number of benzene rings is 4. The summed E-state index contributed by atoms with van der Waals surface area (Å²) in [6, 6.07) is 43.4. The number of nitrogens with zero attached hydrogens (tertiary/aromatic N) is 4. The van der Waals surface area contributed by atoms with Gasteiger partial charge in [-0.05, 0) is 55.2 Å². The number of pyridine rings is 1. The zero-order chi connectivity index (χ0) is 37.0. The first-order valence-corrected chi connectivity index (χ1v) is 18.2. The van der Waals surface area contributed by atoms with Crippen molar-refractivity contribution in [3.63, 3.8) is 0 Å². The van der Waals surface area contributed by atoms with E-state index in [1.165, 1.54) is 0 Å². The van der Waals surface area contributed by atoms with Crippen molar-refractivity contribution in [3.8, 4) is 0 Å². The van der Waals surface area contributed by atoms with Crippen LogP contribution in [-0.2, 0) is 4.74 Å². The Hall–Kier alpha value is -5.80. The Morgan fingerprint density at radius 2 is 0.962 bits per heavy atom. The number of nitrogens with one attached hydrogen (secondary N) is 1. The Labute approximate surface area is 311 Å². The number of ether oxygens (including phenoxy) is 1. The van der Waals surface area contributed by atoms with E-state index in [0.29, 0.717) is 13.1 Å². The van der Waals surface area contributed by atoms with Crippen LogP contribution in [-0.4, -0.2) is 69.4 Å². The van der Waals surface area contributed by atoms with Crippen LogP contribution in [0.2, 0.25) is 0 Å². The molecule has 2 saturated heterocycles. The lowest BCUT2D eigenvalue weighted by molar-refractivity contribution is -0.0143. The van der Waals surface area contributed by atoms with Crippen molar-refractivity contribution >= 4 is 17.9 Å². The molecule has 0 radical (unpaired) electrons. The van der Waals surface area contributed by atoms with E-state index in [9.17, 15) is 14.4 Å². The first-order valence-electron chi connectivity index (χ1n) is 18.2. The molecule has 2 aliphatic heterocycles. The number of carbonyl (C=O) groups is 3. The molecule has 4 unspecified atom stereocenters. The number of carbonyl (C=O) groups excluding carboxylic acids is 3. The van der Waals surface area contributed by atoms with E-state index in [-0.39, 0.29) is 48.4 Å². The third-order valence-corrected chi connectivity index (χ3v) is 9.90. The van der Waals surface area contributed by atoms with Gasteiger partial charge in [-0.15, -0.1) is 0 Å².